The first kappa shape index (κ1) is 13.2. The van der Waals surface area contributed by atoms with Crippen molar-refractivity contribution < 1.29 is 18.0 Å². The molecule has 1 rings (SSSR count). The smallest absolute Gasteiger partial charge is 0.287 e. The highest BCUT2D eigenvalue weighted by Crippen LogP contribution is 2.27. The molecule has 0 radical (unpaired) electrons. The van der Waals surface area contributed by atoms with Crippen molar-refractivity contribution in [3.05, 3.63) is 35.6 Å². The molecule has 0 bridgehead atoms. The van der Waals surface area contributed by atoms with E-state index in [1.807, 2.05) is 0 Å². The zero-order valence-corrected chi connectivity index (χ0v) is 9.08. The Balaban J connectivity index is 2.89. The van der Waals surface area contributed by atoms with E-state index in [-0.39, 0.29) is 5.56 Å². The number of rotatable bonds is 4. The van der Waals surface area contributed by atoms with Crippen LogP contribution in [-0.2, 0) is 0 Å². The first-order valence-corrected chi connectivity index (χ1v) is 4.94. The lowest BCUT2D eigenvalue weighted by molar-refractivity contribution is -0.000163. The Morgan fingerprint density at radius 1 is 1.41 bits per heavy atom. The predicted molar refractivity (Wildman–Crippen MR) is 55.1 cm³/mol. The molecule has 0 amide bonds. The number of ketones is 1. The van der Waals surface area contributed by atoms with E-state index in [0.29, 0.717) is 0 Å². The number of benzene rings is 1. The molecule has 0 saturated heterocycles. The number of halogens is 3. The van der Waals surface area contributed by atoms with Gasteiger partial charge < -0.3 is 0 Å². The lowest BCUT2D eigenvalue weighted by Gasteiger charge is -2.15. The van der Waals surface area contributed by atoms with Crippen LogP contribution in [0.3, 0.4) is 0 Å². The van der Waals surface area contributed by atoms with Gasteiger partial charge in [0.05, 0.1) is 6.07 Å². The summed E-state index contributed by atoms with van der Waals surface area (Å²) in [6.45, 7) is 1.31. The summed E-state index contributed by atoms with van der Waals surface area (Å²) in [4.78, 5) is 11.4. The maximum absolute atomic E-state index is 13.4. The minimum absolute atomic E-state index is 0.262. The van der Waals surface area contributed by atoms with Crippen LogP contribution < -0.4 is 0 Å². The second kappa shape index (κ2) is 5.00. The van der Waals surface area contributed by atoms with Crippen LogP contribution in [0.5, 0.6) is 0 Å². The molecule has 0 aliphatic rings. The van der Waals surface area contributed by atoms with Gasteiger partial charge >= 0.3 is 5.92 Å². The van der Waals surface area contributed by atoms with Crippen molar-refractivity contribution in [1.82, 2.24) is 0 Å². The minimum Gasteiger partial charge on any atom is -0.287 e. The Bertz CT molecular complexity index is 448. The number of Topliss-reactive ketones (excluding diaryl/α,β-unsaturated/α-hetero) is 1. The van der Waals surface area contributed by atoms with Gasteiger partial charge in [0.25, 0.3) is 0 Å². The molecule has 0 heterocycles. The second-order valence-corrected chi connectivity index (χ2v) is 3.77. The zero-order valence-electron chi connectivity index (χ0n) is 9.08. The van der Waals surface area contributed by atoms with Gasteiger partial charge in [0.1, 0.15) is 5.82 Å². The SMILES string of the molecule is CC(C#N)CC(F)(F)C(=O)c1ccc(F)cc1. The van der Waals surface area contributed by atoms with Crippen molar-refractivity contribution >= 4 is 5.78 Å². The average Bonchev–Trinajstić information content (AvgIpc) is 2.28. The van der Waals surface area contributed by atoms with Gasteiger partial charge in [-0.1, -0.05) is 0 Å². The maximum atomic E-state index is 13.4. The first-order chi connectivity index (χ1) is 7.86. The number of alkyl halides is 2. The number of hydrogen-bond donors (Lipinski definition) is 0. The Labute approximate surface area is 96.7 Å². The molecule has 1 unspecified atom stereocenters. The second-order valence-electron chi connectivity index (χ2n) is 3.77. The fourth-order valence-corrected chi connectivity index (χ4v) is 1.34. The molecule has 1 atom stereocenters. The summed E-state index contributed by atoms with van der Waals surface area (Å²) in [6.07, 6.45) is -0.834. The number of nitriles is 1. The van der Waals surface area contributed by atoms with Crippen LogP contribution in [-0.4, -0.2) is 11.7 Å². The van der Waals surface area contributed by atoms with Gasteiger partial charge in [-0.2, -0.15) is 14.0 Å². The third kappa shape index (κ3) is 3.31. The minimum atomic E-state index is -3.60. The Kier molecular flexibility index (Phi) is 3.89. The highest BCUT2D eigenvalue weighted by molar-refractivity contribution is 6.01. The fraction of sp³-hybridized carbons (Fsp3) is 0.333. The van der Waals surface area contributed by atoms with Crippen molar-refractivity contribution in [1.29, 1.82) is 5.26 Å². The molecule has 1 aromatic rings. The predicted octanol–water partition coefficient (Wildman–Crippen LogP) is 3.19. The van der Waals surface area contributed by atoms with E-state index in [4.69, 9.17) is 5.26 Å². The molecule has 5 heteroatoms. The van der Waals surface area contributed by atoms with Gasteiger partial charge in [0.15, 0.2) is 0 Å². The highest BCUT2D eigenvalue weighted by atomic mass is 19.3. The van der Waals surface area contributed by atoms with Gasteiger partial charge in [0.2, 0.25) is 5.78 Å². The van der Waals surface area contributed by atoms with Crippen LogP contribution in [0, 0.1) is 23.1 Å². The topological polar surface area (TPSA) is 40.9 Å². The molecule has 0 N–H and O–H groups in total. The molecular weight excluding hydrogens is 231 g/mol. The van der Waals surface area contributed by atoms with E-state index in [9.17, 15) is 18.0 Å². The zero-order chi connectivity index (χ0) is 13.1. The average molecular weight is 241 g/mol. The van der Waals surface area contributed by atoms with E-state index in [1.54, 1.807) is 6.07 Å². The third-order valence-corrected chi connectivity index (χ3v) is 2.22. The molecule has 2 nitrogen and oxygen atoms in total. The summed E-state index contributed by atoms with van der Waals surface area (Å²) in [6, 6.07) is 5.53. The normalized spacial score (nSPS) is 12.9. The summed E-state index contributed by atoms with van der Waals surface area (Å²) in [7, 11) is 0. The van der Waals surface area contributed by atoms with Crippen LogP contribution >= 0.6 is 0 Å². The van der Waals surface area contributed by atoms with Gasteiger partial charge in [-0.05, 0) is 31.2 Å². The quantitative estimate of drug-likeness (QED) is 0.759. The molecular formula is C12H10F3NO. The van der Waals surface area contributed by atoms with Crippen LogP contribution in [0.1, 0.15) is 23.7 Å². The Morgan fingerprint density at radius 2 is 1.94 bits per heavy atom. The highest BCUT2D eigenvalue weighted by Gasteiger charge is 2.40. The van der Waals surface area contributed by atoms with Crippen LogP contribution in [0.15, 0.2) is 24.3 Å². The number of carbonyl (C=O) groups excluding carboxylic acids is 1. The van der Waals surface area contributed by atoms with Crippen molar-refractivity contribution in [2.75, 3.05) is 0 Å². The maximum Gasteiger partial charge on any atom is 0.311 e. The summed E-state index contributed by atoms with van der Waals surface area (Å²) in [5.41, 5.74) is -0.262. The number of nitrogens with zero attached hydrogens (tertiary/aromatic N) is 1. The van der Waals surface area contributed by atoms with Gasteiger partial charge in [-0.25, -0.2) is 4.39 Å². The molecule has 17 heavy (non-hydrogen) atoms. The molecule has 0 aliphatic carbocycles. The lowest BCUT2D eigenvalue weighted by Crippen LogP contribution is -2.30. The summed E-state index contributed by atoms with van der Waals surface area (Å²) in [5, 5.41) is 8.44. The van der Waals surface area contributed by atoms with Gasteiger partial charge in [0, 0.05) is 17.9 Å². The fourth-order valence-electron chi connectivity index (χ4n) is 1.34. The monoisotopic (exact) mass is 241 g/mol. The molecule has 90 valence electrons. The molecule has 1 aromatic carbocycles. The van der Waals surface area contributed by atoms with Gasteiger partial charge in [-0.3, -0.25) is 4.79 Å². The van der Waals surface area contributed by atoms with Crippen LogP contribution in [0.2, 0.25) is 0 Å². The summed E-state index contributed by atoms with van der Waals surface area (Å²) >= 11 is 0. The third-order valence-electron chi connectivity index (χ3n) is 2.22. The van der Waals surface area contributed by atoms with Crippen molar-refractivity contribution in [2.45, 2.75) is 19.3 Å². The molecule has 0 spiro atoms. The first-order valence-electron chi connectivity index (χ1n) is 4.94. The molecule has 0 aliphatic heterocycles. The number of hydrogen-bond acceptors (Lipinski definition) is 2. The van der Waals surface area contributed by atoms with Gasteiger partial charge in [-0.15, -0.1) is 0 Å². The van der Waals surface area contributed by atoms with E-state index in [0.717, 1.165) is 24.3 Å². The van der Waals surface area contributed by atoms with Crippen LogP contribution in [0.25, 0.3) is 0 Å². The summed E-state index contributed by atoms with van der Waals surface area (Å²) < 4.78 is 39.5. The van der Waals surface area contributed by atoms with E-state index in [2.05, 4.69) is 0 Å². The van der Waals surface area contributed by atoms with E-state index >= 15 is 0 Å². The Hall–Kier alpha value is -1.83. The van der Waals surface area contributed by atoms with Crippen molar-refractivity contribution in [3.63, 3.8) is 0 Å². The molecule has 0 saturated carbocycles. The largest absolute Gasteiger partial charge is 0.311 e. The van der Waals surface area contributed by atoms with E-state index < -0.39 is 29.9 Å². The summed E-state index contributed by atoms with van der Waals surface area (Å²) in [5.74, 6) is -6.52. The number of carbonyl (C=O) groups is 1. The standard InChI is InChI=1S/C12H10F3NO/c1-8(7-16)6-12(14,15)11(17)9-2-4-10(13)5-3-9/h2-5,8H,6H2,1H3. The van der Waals surface area contributed by atoms with Crippen molar-refractivity contribution in [3.8, 4) is 6.07 Å². The molecule has 0 aromatic heterocycles. The Morgan fingerprint density at radius 3 is 2.41 bits per heavy atom. The van der Waals surface area contributed by atoms with Crippen LogP contribution in [0.4, 0.5) is 13.2 Å². The van der Waals surface area contributed by atoms with Crippen molar-refractivity contribution in [2.24, 2.45) is 5.92 Å². The van der Waals surface area contributed by atoms with E-state index in [1.165, 1.54) is 6.92 Å². The molecule has 0 fully saturated rings. The lowest BCUT2D eigenvalue weighted by atomic mass is 9.97.